The first-order valence-corrected chi connectivity index (χ1v) is 11.7. The molecule has 0 bridgehead atoms. The number of rotatable bonds is 5. The van der Waals surface area contributed by atoms with Crippen molar-refractivity contribution < 1.29 is 15.1 Å². The van der Waals surface area contributed by atoms with E-state index in [9.17, 15) is 0 Å². The lowest BCUT2D eigenvalue weighted by molar-refractivity contribution is -0.919. The van der Waals surface area contributed by atoms with Gasteiger partial charge in [0.2, 0.25) is 0 Å². The molecular weight excluding hydrogens is 362 g/mol. The molecule has 4 fully saturated rings. The highest BCUT2D eigenvalue weighted by Crippen LogP contribution is 2.27. The summed E-state index contributed by atoms with van der Waals surface area (Å²) in [7, 11) is 4.37. The molecule has 4 aliphatic rings. The number of likely N-dealkylation sites (tertiary alicyclic amines) is 1. The SMILES string of the molecule is CN(C)C1CCC(C2NOC(C3CCC[NH+]3CC3CCC(Cl)CC3)N2)C[NH2+]1. The minimum Gasteiger partial charge on any atom is -0.331 e. The van der Waals surface area contributed by atoms with E-state index in [0.717, 1.165) is 5.92 Å². The van der Waals surface area contributed by atoms with Crippen LogP contribution in [-0.4, -0.2) is 68.6 Å². The molecule has 4 rings (SSSR count). The number of alkyl halides is 1. The zero-order valence-electron chi connectivity index (χ0n) is 17.1. The second-order valence-electron chi connectivity index (χ2n) is 9.62. The molecular formula is C20H40ClN5O+2. The van der Waals surface area contributed by atoms with Crippen LogP contribution in [0, 0.1) is 11.8 Å². The fourth-order valence-electron chi connectivity index (χ4n) is 5.80. The molecule has 156 valence electrons. The zero-order valence-corrected chi connectivity index (χ0v) is 17.9. The minimum atomic E-state index is 0.170. The fourth-order valence-corrected chi connectivity index (χ4v) is 6.05. The molecule has 0 radical (unpaired) electrons. The molecule has 0 aromatic carbocycles. The predicted molar refractivity (Wildman–Crippen MR) is 107 cm³/mol. The Balaban J connectivity index is 1.25. The Morgan fingerprint density at radius 1 is 1.11 bits per heavy atom. The maximum atomic E-state index is 6.30. The van der Waals surface area contributed by atoms with E-state index in [-0.39, 0.29) is 6.23 Å². The molecule has 0 amide bonds. The van der Waals surface area contributed by atoms with Gasteiger partial charge in [-0.3, -0.25) is 15.1 Å². The van der Waals surface area contributed by atoms with Crippen LogP contribution in [0.3, 0.4) is 0 Å². The highest BCUT2D eigenvalue weighted by molar-refractivity contribution is 6.20. The average molecular weight is 402 g/mol. The Kier molecular flexibility index (Phi) is 6.96. The lowest BCUT2D eigenvalue weighted by Gasteiger charge is -2.33. The van der Waals surface area contributed by atoms with Crippen molar-refractivity contribution in [3.63, 3.8) is 0 Å². The maximum absolute atomic E-state index is 6.30. The molecule has 1 saturated carbocycles. The maximum Gasteiger partial charge on any atom is 0.183 e. The van der Waals surface area contributed by atoms with E-state index in [2.05, 4.69) is 35.1 Å². The molecule has 0 aromatic heterocycles. The number of hydroxylamine groups is 1. The summed E-state index contributed by atoms with van der Waals surface area (Å²) >= 11 is 6.30. The van der Waals surface area contributed by atoms with E-state index in [0.29, 0.717) is 29.7 Å². The van der Waals surface area contributed by atoms with Gasteiger partial charge in [0.15, 0.2) is 6.23 Å². The molecule has 6 nitrogen and oxygen atoms in total. The van der Waals surface area contributed by atoms with Gasteiger partial charge in [0.25, 0.3) is 0 Å². The van der Waals surface area contributed by atoms with E-state index in [4.69, 9.17) is 16.4 Å². The Morgan fingerprint density at radius 2 is 1.93 bits per heavy atom. The topological polar surface area (TPSA) is 57.6 Å². The van der Waals surface area contributed by atoms with Crippen LogP contribution >= 0.6 is 11.6 Å². The van der Waals surface area contributed by atoms with Gasteiger partial charge in [-0.1, -0.05) is 0 Å². The van der Waals surface area contributed by atoms with Crippen molar-refractivity contribution in [3.05, 3.63) is 0 Å². The summed E-state index contributed by atoms with van der Waals surface area (Å²) < 4.78 is 0. The van der Waals surface area contributed by atoms with Crippen LogP contribution in [0.25, 0.3) is 0 Å². The summed E-state index contributed by atoms with van der Waals surface area (Å²) in [6.07, 6.45) is 11.3. The molecule has 3 saturated heterocycles. The third-order valence-electron chi connectivity index (χ3n) is 7.57. The lowest BCUT2D eigenvalue weighted by atomic mass is 9.88. The van der Waals surface area contributed by atoms with Crippen LogP contribution in [0.2, 0.25) is 0 Å². The first-order chi connectivity index (χ1) is 13.1. The highest BCUT2D eigenvalue weighted by Gasteiger charge is 2.44. The molecule has 3 heterocycles. The van der Waals surface area contributed by atoms with E-state index >= 15 is 0 Å². The normalized spacial score (nSPS) is 46.2. The summed E-state index contributed by atoms with van der Waals surface area (Å²) in [5.74, 6) is 1.51. The number of hydrogen-bond acceptors (Lipinski definition) is 4. The van der Waals surface area contributed by atoms with Crippen LogP contribution < -0.4 is 21.0 Å². The Hall–Kier alpha value is 0.0500. The van der Waals surface area contributed by atoms with Crippen molar-refractivity contribution in [2.75, 3.05) is 33.7 Å². The largest absolute Gasteiger partial charge is 0.331 e. The molecule has 0 aromatic rings. The Bertz CT molecular complexity index is 465. The van der Waals surface area contributed by atoms with Crippen LogP contribution in [0.4, 0.5) is 0 Å². The Labute approximate surface area is 169 Å². The van der Waals surface area contributed by atoms with Gasteiger partial charge in [0, 0.05) is 36.5 Å². The number of hydrogen-bond donors (Lipinski definition) is 4. The first-order valence-electron chi connectivity index (χ1n) is 11.3. The van der Waals surface area contributed by atoms with Crippen molar-refractivity contribution in [1.29, 1.82) is 0 Å². The van der Waals surface area contributed by atoms with Gasteiger partial charge in [-0.2, -0.15) is 5.48 Å². The highest BCUT2D eigenvalue weighted by atomic mass is 35.5. The molecule has 3 aliphatic heterocycles. The molecule has 1 aliphatic carbocycles. The third-order valence-corrected chi connectivity index (χ3v) is 8.01. The molecule has 6 unspecified atom stereocenters. The van der Waals surface area contributed by atoms with Crippen LogP contribution in [-0.2, 0) is 4.84 Å². The van der Waals surface area contributed by atoms with Crippen molar-refractivity contribution in [2.24, 2.45) is 11.8 Å². The van der Waals surface area contributed by atoms with Crippen molar-refractivity contribution in [3.8, 4) is 0 Å². The number of nitrogens with one attached hydrogen (secondary N) is 3. The predicted octanol–water partition coefficient (Wildman–Crippen LogP) is -0.531. The summed E-state index contributed by atoms with van der Waals surface area (Å²) in [5, 5.41) is 6.73. The van der Waals surface area contributed by atoms with Crippen molar-refractivity contribution >= 4 is 11.6 Å². The fraction of sp³-hybridized carbons (Fsp3) is 1.00. The summed E-state index contributed by atoms with van der Waals surface area (Å²) in [6, 6.07) is 0.596. The Morgan fingerprint density at radius 3 is 2.63 bits per heavy atom. The molecule has 6 atom stereocenters. The average Bonchev–Trinajstić information content (AvgIpc) is 3.33. The van der Waals surface area contributed by atoms with Crippen molar-refractivity contribution in [1.82, 2.24) is 15.7 Å². The number of quaternary nitrogens is 2. The lowest BCUT2D eigenvalue weighted by Crippen LogP contribution is -3.15. The number of piperidine rings is 1. The number of nitrogens with two attached hydrogens (primary N) is 1. The first kappa shape index (κ1) is 20.3. The van der Waals surface area contributed by atoms with E-state index in [1.807, 2.05) is 0 Å². The summed E-state index contributed by atoms with van der Waals surface area (Å²) in [6.45, 7) is 3.79. The summed E-state index contributed by atoms with van der Waals surface area (Å²) in [4.78, 5) is 10.2. The second-order valence-corrected chi connectivity index (χ2v) is 10.2. The minimum absolute atomic E-state index is 0.170. The summed E-state index contributed by atoms with van der Waals surface area (Å²) in [5.41, 5.74) is 3.35. The van der Waals surface area contributed by atoms with Crippen molar-refractivity contribution in [2.45, 2.75) is 81.3 Å². The van der Waals surface area contributed by atoms with Gasteiger partial charge in [-0.25, -0.2) is 0 Å². The molecule has 27 heavy (non-hydrogen) atoms. The van der Waals surface area contributed by atoms with Gasteiger partial charge < -0.3 is 10.2 Å². The van der Waals surface area contributed by atoms with Crippen LogP contribution in [0.5, 0.6) is 0 Å². The van der Waals surface area contributed by atoms with E-state index in [1.54, 1.807) is 4.90 Å². The molecule has 7 heteroatoms. The van der Waals surface area contributed by atoms with Crippen LogP contribution in [0.1, 0.15) is 51.4 Å². The smallest absolute Gasteiger partial charge is 0.183 e. The van der Waals surface area contributed by atoms with E-state index in [1.165, 1.54) is 71.0 Å². The molecule has 0 spiro atoms. The second kappa shape index (κ2) is 9.24. The molecule has 5 N–H and O–H groups in total. The quantitative estimate of drug-likeness (QED) is 0.468. The zero-order chi connectivity index (χ0) is 18.8. The van der Waals surface area contributed by atoms with Gasteiger partial charge in [-0.15, -0.1) is 11.6 Å². The van der Waals surface area contributed by atoms with E-state index < -0.39 is 0 Å². The number of nitrogens with zero attached hydrogens (tertiary/aromatic N) is 1. The van der Waals surface area contributed by atoms with Gasteiger partial charge in [0.05, 0.1) is 25.8 Å². The third kappa shape index (κ3) is 4.97. The van der Waals surface area contributed by atoms with Gasteiger partial charge in [0.1, 0.15) is 12.2 Å². The number of halogens is 1. The monoisotopic (exact) mass is 401 g/mol. The van der Waals surface area contributed by atoms with Gasteiger partial charge in [-0.05, 0) is 46.2 Å². The standard InChI is InChI=1S/C20H38ClN5O/c1-25(2)18-10-7-15(12-22-18)19-23-20(27-24-19)17-4-3-11-26(17)13-14-5-8-16(21)9-6-14/h14-20,22-24H,3-13H2,1-2H3/p+2. The van der Waals surface area contributed by atoms with Crippen LogP contribution in [0.15, 0.2) is 0 Å². The van der Waals surface area contributed by atoms with Gasteiger partial charge >= 0.3 is 0 Å².